The maximum absolute atomic E-state index is 11.7. The Kier molecular flexibility index (Phi) is 6.31. The van der Waals surface area contributed by atoms with E-state index in [0.29, 0.717) is 26.2 Å². The second kappa shape index (κ2) is 7.24. The Hall–Kier alpha value is -0.250. The van der Waals surface area contributed by atoms with Gasteiger partial charge in [-0.25, -0.2) is 0 Å². The van der Waals surface area contributed by atoms with Crippen molar-refractivity contribution in [2.45, 2.75) is 12.5 Å². The van der Waals surface area contributed by atoms with E-state index in [-0.39, 0.29) is 25.8 Å². The van der Waals surface area contributed by atoms with Crippen molar-refractivity contribution in [3.63, 3.8) is 0 Å². The van der Waals surface area contributed by atoms with Crippen molar-refractivity contribution in [3.8, 4) is 0 Å². The molecule has 1 saturated heterocycles. The lowest BCUT2D eigenvalue weighted by Gasteiger charge is -2.24. The maximum Gasteiger partial charge on any atom is 0.279 e. The summed E-state index contributed by atoms with van der Waals surface area (Å²) in [6.07, 6.45) is 0.185. The minimum atomic E-state index is -3.50. The molecule has 1 rings (SSSR count). The van der Waals surface area contributed by atoms with Crippen LogP contribution in [0.1, 0.15) is 6.42 Å². The van der Waals surface area contributed by atoms with Crippen molar-refractivity contribution in [1.29, 1.82) is 0 Å². The molecular weight excluding hydrogens is 248 g/mol. The smallest absolute Gasteiger partial charge is 0.279 e. The van der Waals surface area contributed by atoms with E-state index in [1.807, 2.05) is 0 Å². The van der Waals surface area contributed by atoms with Crippen molar-refractivity contribution in [3.05, 3.63) is 0 Å². The minimum Gasteiger partial charge on any atom is -0.396 e. The lowest BCUT2D eigenvalue weighted by atomic mass is 10.3. The van der Waals surface area contributed by atoms with Crippen LogP contribution < -0.4 is 4.72 Å². The highest BCUT2D eigenvalue weighted by Crippen LogP contribution is 2.01. The Labute approximate surface area is 102 Å². The standard InChI is InChI=1S/C9H20N2O5S/c1-11(3-2-4-12)17(13,14)10-7-9-8-15-5-6-16-9/h9-10,12H,2-8H2,1H3. The summed E-state index contributed by atoms with van der Waals surface area (Å²) in [5, 5.41) is 8.64. The zero-order chi connectivity index (χ0) is 12.7. The first-order valence-corrected chi connectivity index (χ1v) is 7.01. The summed E-state index contributed by atoms with van der Waals surface area (Å²) in [5.41, 5.74) is 0. The fourth-order valence-electron chi connectivity index (χ4n) is 1.38. The van der Waals surface area contributed by atoms with Crippen LogP contribution in [0.3, 0.4) is 0 Å². The van der Waals surface area contributed by atoms with Gasteiger partial charge in [0.05, 0.1) is 25.9 Å². The second-order valence-corrected chi connectivity index (χ2v) is 5.68. The number of aliphatic hydroxyl groups is 1. The third kappa shape index (κ3) is 5.28. The molecule has 102 valence electrons. The zero-order valence-corrected chi connectivity index (χ0v) is 10.8. The molecule has 7 nitrogen and oxygen atoms in total. The van der Waals surface area contributed by atoms with Crippen LogP contribution in [0.2, 0.25) is 0 Å². The highest BCUT2D eigenvalue weighted by molar-refractivity contribution is 7.87. The quantitative estimate of drug-likeness (QED) is 0.590. The molecule has 0 radical (unpaired) electrons. The predicted octanol–water partition coefficient (Wildman–Crippen LogP) is -1.45. The van der Waals surface area contributed by atoms with Gasteiger partial charge in [0, 0.05) is 26.7 Å². The second-order valence-electron chi connectivity index (χ2n) is 3.82. The van der Waals surface area contributed by atoms with Gasteiger partial charge in [-0.05, 0) is 6.42 Å². The molecule has 1 heterocycles. The Balaban J connectivity index is 2.32. The highest BCUT2D eigenvalue weighted by Gasteiger charge is 2.20. The zero-order valence-electron chi connectivity index (χ0n) is 9.96. The van der Waals surface area contributed by atoms with E-state index in [2.05, 4.69) is 4.72 Å². The molecule has 1 aliphatic rings. The van der Waals surface area contributed by atoms with Gasteiger partial charge in [-0.1, -0.05) is 0 Å². The first-order chi connectivity index (χ1) is 8.06. The highest BCUT2D eigenvalue weighted by atomic mass is 32.2. The molecule has 1 unspecified atom stereocenters. The summed E-state index contributed by atoms with van der Waals surface area (Å²) >= 11 is 0. The number of rotatable bonds is 7. The van der Waals surface area contributed by atoms with Gasteiger partial charge in [-0.15, -0.1) is 0 Å². The van der Waals surface area contributed by atoms with Gasteiger partial charge in [0.25, 0.3) is 10.2 Å². The van der Waals surface area contributed by atoms with Crippen LogP contribution in [0.4, 0.5) is 0 Å². The van der Waals surface area contributed by atoms with E-state index in [1.165, 1.54) is 11.4 Å². The van der Waals surface area contributed by atoms with E-state index >= 15 is 0 Å². The van der Waals surface area contributed by atoms with Gasteiger partial charge in [0.2, 0.25) is 0 Å². The third-order valence-corrected chi connectivity index (χ3v) is 3.95. The normalized spacial score (nSPS) is 21.9. The van der Waals surface area contributed by atoms with Crippen molar-refractivity contribution in [2.75, 3.05) is 46.6 Å². The van der Waals surface area contributed by atoms with Crippen LogP contribution in [0.15, 0.2) is 0 Å². The summed E-state index contributed by atoms with van der Waals surface area (Å²) in [6.45, 7) is 1.91. The largest absolute Gasteiger partial charge is 0.396 e. The van der Waals surface area contributed by atoms with Gasteiger partial charge in [-0.2, -0.15) is 17.4 Å². The van der Waals surface area contributed by atoms with Crippen molar-refractivity contribution in [2.24, 2.45) is 0 Å². The van der Waals surface area contributed by atoms with Gasteiger partial charge < -0.3 is 14.6 Å². The molecule has 1 atom stereocenters. The van der Waals surface area contributed by atoms with Crippen LogP contribution in [0.5, 0.6) is 0 Å². The molecule has 0 aromatic heterocycles. The number of hydrogen-bond donors (Lipinski definition) is 2. The van der Waals surface area contributed by atoms with Crippen LogP contribution in [0, 0.1) is 0 Å². The molecule has 2 N–H and O–H groups in total. The maximum atomic E-state index is 11.7. The van der Waals surface area contributed by atoms with Crippen LogP contribution in [0.25, 0.3) is 0 Å². The van der Waals surface area contributed by atoms with Crippen molar-refractivity contribution in [1.82, 2.24) is 9.03 Å². The predicted molar refractivity (Wildman–Crippen MR) is 61.8 cm³/mol. The molecule has 1 aliphatic heterocycles. The van der Waals surface area contributed by atoms with Gasteiger partial charge >= 0.3 is 0 Å². The fourth-order valence-corrected chi connectivity index (χ4v) is 2.36. The number of nitrogens with one attached hydrogen (secondary N) is 1. The molecule has 17 heavy (non-hydrogen) atoms. The average Bonchev–Trinajstić information content (AvgIpc) is 2.35. The molecule has 0 aromatic carbocycles. The Bertz CT molecular complexity index is 303. The Morgan fingerprint density at radius 1 is 1.47 bits per heavy atom. The van der Waals surface area contributed by atoms with Crippen LogP contribution in [-0.2, 0) is 19.7 Å². The molecule has 0 spiro atoms. The molecule has 8 heteroatoms. The number of nitrogens with zero attached hydrogens (tertiary/aromatic N) is 1. The van der Waals surface area contributed by atoms with E-state index in [4.69, 9.17) is 14.6 Å². The molecule has 0 bridgehead atoms. The van der Waals surface area contributed by atoms with Crippen LogP contribution in [-0.4, -0.2) is 70.5 Å². The lowest BCUT2D eigenvalue weighted by Crippen LogP contribution is -2.45. The number of ether oxygens (including phenoxy) is 2. The van der Waals surface area contributed by atoms with Gasteiger partial charge in [0.15, 0.2) is 0 Å². The Morgan fingerprint density at radius 3 is 2.82 bits per heavy atom. The average molecular weight is 268 g/mol. The van der Waals surface area contributed by atoms with E-state index < -0.39 is 10.2 Å². The molecule has 1 fully saturated rings. The summed E-state index contributed by atoms with van der Waals surface area (Å²) < 4.78 is 37.5. The van der Waals surface area contributed by atoms with Gasteiger partial charge in [-0.3, -0.25) is 0 Å². The van der Waals surface area contributed by atoms with Crippen molar-refractivity contribution < 1.29 is 23.0 Å². The van der Waals surface area contributed by atoms with Crippen molar-refractivity contribution >= 4 is 10.2 Å². The SMILES string of the molecule is CN(CCCO)S(=O)(=O)NCC1COCCO1. The van der Waals surface area contributed by atoms with E-state index in [9.17, 15) is 8.42 Å². The van der Waals surface area contributed by atoms with E-state index in [1.54, 1.807) is 0 Å². The van der Waals surface area contributed by atoms with Gasteiger partial charge in [0.1, 0.15) is 0 Å². The summed E-state index contributed by atoms with van der Waals surface area (Å²) in [4.78, 5) is 0. The number of aliphatic hydroxyl groups excluding tert-OH is 1. The summed E-state index contributed by atoms with van der Waals surface area (Å²) in [6, 6.07) is 0. The molecule has 0 aromatic rings. The number of hydrogen-bond acceptors (Lipinski definition) is 5. The molecule has 0 saturated carbocycles. The first-order valence-electron chi connectivity index (χ1n) is 5.57. The summed E-state index contributed by atoms with van der Waals surface area (Å²) in [7, 11) is -2.03. The fraction of sp³-hybridized carbons (Fsp3) is 1.00. The lowest BCUT2D eigenvalue weighted by molar-refractivity contribution is -0.0847. The summed E-state index contributed by atoms with van der Waals surface area (Å²) in [5.74, 6) is 0. The monoisotopic (exact) mass is 268 g/mol. The molecular formula is C9H20N2O5S. The third-order valence-electron chi connectivity index (χ3n) is 2.42. The molecule has 0 aliphatic carbocycles. The van der Waals surface area contributed by atoms with Crippen LogP contribution >= 0.6 is 0 Å². The minimum absolute atomic E-state index is 0.0283. The topological polar surface area (TPSA) is 88.1 Å². The molecule has 0 amide bonds. The first kappa shape index (κ1) is 14.8. The Morgan fingerprint density at radius 2 is 2.24 bits per heavy atom. The van der Waals surface area contributed by atoms with E-state index in [0.717, 1.165) is 0 Å².